The van der Waals surface area contributed by atoms with Gasteiger partial charge in [0.25, 0.3) is 0 Å². The molecule has 0 radical (unpaired) electrons. The van der Waals surface area contributed by atoms with Crippen molar-refractivity contribution in [1.82, 2.24) is 15.2 Å². The van der Waals surface area contributed by atoms with E-state index < -0.39 is 0 Å². The van der Waals surface area contributed by atoms with Crippen molar-refractivity contribution in [3.8, 4) is 10.8 Å². The molecule has 0 amide bonds. The Morgan fingerprint density at radius 3 is 2.83 bits per heavy atom. The first kappa shape index (κ1) is 19.9. The number of aliphatic imine (C=N–C) groups is 1. The van der Waals surface area contributed by atoms with Crippen molar-refractivity contribution in [1.29, 1.82) is 0 Å². The molecule has 0 bridgehead atoms. The van der Waals surface area contributed by atoms with Gasteiger partial charge in [0.05, 0.1) is 16.3 Å². The Kier molecular flexibility index (Phi) is 6.46. The van der Waals surface area contributed by atoms with E-state index >= 15 is 0 Å². The number of para-hydroxylation sites is 1. The third kappa shape index (κ3) is 4.79. The largest absolute Gasteiger partial charge is 0.457 e. The van der Waals surface area contributed by atoms with Gasteiger partial charge < -0.3 is 19.4 Å². The van der Waals surface area contributed by atoms with Crippen molar-refractivity contribution in [2.75, 3.05) is 26.2 Å². The Morgan fingerprint density at radius 2 is 2.07 bits per heavy atom. The first-order chi connectivity index (χ1) is 14.3. The maximum absolute atomic E-state index is 6.04. The number of thiazole rings is 1. The smallest absolute Gasteiger partial charge is 0.194 e. The van der Waals surface area contributed by atoms with Crippen molar-refractivity contribution in [3.05, 3.63) is 42.2 Å². The summed E-state index contributed by atoms with van der Waals surface area (Å²) in [7, 11) is 0. The van der Waals surface area contributed by atoms with Gasteiger partial charge in [0, 0.05) is 26.2 Å². The number of fused-ring (bicyclic) bond motifs is 1. The molecule has 3 aromatic rings. The van der Waals surface area contributed by atoms with Gasteiger partial charge in [-0.25, -0.2) is 9.98 Å². The SMILES string of the molecule is CCNC(=NCc1ccc(-c2nc3ccccc3s2)o1)N1CCC(OCC)CC1. The molecule has 1 N–H and O–H groups in total. The van der Waals surface area contributed by atoms with Gasteiger partial charge in [-0.3, -0.25) is 0 Å². The molecular weight excluding hydrogens is 384 g/mol. The van der Waals surface area contributed by atoms with Crippen LogP contribution in [0.5, 0.6) is 0 Å². The second kappa shape index (κ2) is 9.41. The minimum atomic E-state index is 0.376. The van der Waals surface area contributed by atoms with Crippen LogP contribution in [0.4, 0.5) is 0 Å². The monoisotopic (exact) mass is 412 g/mol. The topological polar surface area (TPSA) is 62.9 Å². The Balaban J connectivity index is 1.43. The van der Waals surface area contributed by atoms with Crippen molar-refractivity contribution in [2.45, 2.75) is 39.3 Å². The number of likely N-dealkylation sites (tertiary alicyclic amines) is 1. The standard InChI is InChI=1S/C22H28N4O2S/c1-3-23-22(26-13-11-16(12-14-26)27-4-2)24-15-17-9-10-19(28-17)21-25-18-7-5-6-8-20(18)29-21/h5-10,16H,3-4,11-15H2,1-2H3,(H,23,24). The molecule has 29 heavy (non-hydrogen) atoms. The molecule has 1 saturated heterocycles. The molecule has 0 unspecified atom stereocenters. The number of piperidine rings is 1. The fourth-order valence-electron chi connectivity index (χ4n) is 3.60. The van der Waals surface area contributed by atoms with Crippen LogP contribution in [0, 0.1) is 0 Å². The molecule has 1 aliphatic rings. The summed E-state index contributed by atoms with van der Waals surface area (Å²) in [5, 5.41) is 4.32. The van der Waals surface area contributed by atoms with Crippen LogP contribution in [0.25, 0.3) is 21.0 Å². The molecule has 2 aromatic heterocycles. The van der Waals surface area contributed by atoms with E-state index in [4.69, 9.17) is 14.1 Å². The highest BCUT2D eigenvalue weighted by atomic mass is 32.1. The van der Waals surface area contributed by atoms with E-state index in [1.807, 2.05) is 30.3 Å². The predicted molar refractivity (Wildman–Crippen MR) is 118 cm³/mol. The zero-order valence-corrected chi connectivity index (χ0v) is 17.9. The molecule has 0 spiro atoms. The summed E-state index contributed by atoms with van der Waals surface area (Å²) in [4.78, 5) is 11.8. The van der Waals surface area contributed by atoms with Gasteiger partial charge >= 0.3 is 0 Å². The molecule has 0 atom stereocenters. The highest BCUT2D eigenvalue weighted by molar-refractivity contribution is 7.21. The van der Waals surface area contributed by atoms with E-state index in [0.717, 1.165) is 67.1 Å². The van der Waals surface area contributed by atoms with Crippen LogP contribution in [0.3, 0.4) is 0 Å². The van der Waals surface area contributed by atoms with Gasteiger partial charge in [0.2, 0.25) is 0 Å². The predicted octanol–water partition coefficient (Wildman–Crippen LogP) is 4.52. The molecule has 0 saturated carbocycles. The number of nitrogens with one attached hydrogen (secondary N) is 1. The second-order valence-electron chi connectivity index (χ2n) is 7.06. The quantitative estimate of drug-likeness (QED) is 0.476. The molecular formula is C22H28N4O2S. The van der Waals surface area contributed by atoms with Crippen molar-refractivity contribution in [3.63, 3.8) is 0 Å². The Labute approximate surface area is 175 Å². The zero-order chi connectivity index (χ0) is 20.1. The number of ether oxygens (including phenoxy) is 1. The van der Waals surface area contributed by atoms with Crippen LogP contribution in [-0.2, 0) is 11.3 Å². The fraction of sp³-hybridized carbons (Fsp3) is 0.455. The summed E-state index contributed by atoms with van der Waals surface area (Å²) < 4.78 is 13.0. The summed E-state index contributed by atoms with van der Waals surface area (Å²) in [6, 6.07) is 12.1. The van der Waals surface area contributed by atoms with E-state index in [1.54, 1.807) is 11.3 Å². The van der Waals surface area contributed by atoms with Gasteiger partial charge in [-0.15, -0.1) is 11.3 Å². The highest BCUT2D eigenvalue weighted by Gasteiger charge is 2.21. The Bertz CT molecular complexity index is 924. The second-order valence-corrected chi connectivity index (χ2v) is 8.10. The van der Waals surface area contributed by atoms with E-state index in [9.17, 15) is 0 Å². The van der Waals surface area contributed by atoms with Crippen molar-refractivity contribution in [2.24, 2.45) is 4.99 Å². The highest BCUT2D eigenvalue weighted by Crippen LogP contribution is 2.31. The molecule has 0 aliphatic carbocycles. The summed E-state index contributed by atoms with van der Waals surface area (Å²) in [6.07, 6.45) is 2.46. The molecule has 7 heteroatoms. The van der Waals surface area contributed by atoms with Gasteiger partial charge in [0.1, 0.15) is 12.3 Å². The van der Waals surface area contributed by atoms with Gasteiger partial charge in [-0.1, -0.05) is 12.1 Å². The first-order valence-corrected chi connectivity index (χ1v) is 11.2. The molecule has 1 aliphatic heterocycles. The molecule has 3 heterocycles. The lowest BCUT2D eigenvalue weighted by molar-refractivity contribution is 0.0263. The third-order valence-corrected chi connectivity index (χ3v) is 6.08. The lowest BCUT2D eigenvalue weighted by atomic mass is 10.1. The fourth-order valence-corrected chi connectivity index (χ4v) is 4.53. The number of guanidine groups is 1. The normalized spacial score (nSPS) is 15.9. The van der Waals surface area contributed by atoms with Gasteiger partial charge in [-0.05, 0) is 51.0 Å². The molecule has 6 nitrogen and oxygen atoms in total. The average Bonchev–Trinajstić information content (AvgIpc) is 3.39. The van der Waals surface area contributed by atoms with Gasteiger partial charge in [-0.2, -0.15) is 0 Å². The van der Waals surface area contributed by atoms with Crippen LogP contribution in [0.2, 0.25) is 0 Å². The summed E-state index contributed by atoms with van der Waals surface area (Å²) in [5.74, 6) is 2.60. The lowest BCUT2D eigenvalue weighted by Gasteiger charge is -2.34. The number of aromatic nitrogens is 1. The number of benzene rings is 1. The average molecular weight is 413 g/mol. The van der Waals surface area contributed by atoms with Crippen LogP contribution in [-0.4, -0.2) is 48.2 Å². The van der Waals surface area contributed by atoms with Crippen LogP contribution in [0.1, 0.15) is 32.4 Å². The van der Waals surface area contributed by atoms with E-state index in [1.165, 1.54) is 4.70 Å². The minimum absolute atomic E-state index is 0.376. The Morgan fingerprint density at radius 1 is 1.24 bits per heavy atom. The number of hydrogen-bond donors (Lipinski definition) is 1. The summed E-state index contributed by atoms with van der Waals surface area (Å²) in [6.45, 7) is 8.23. The van der Waals surface area contributed by atoms with E-state index in [2.05, 4.69) is 35.1 Å². The van der Waals surface area contributed by atoms with E-state index in [-0.39, 0.29) is 0 Å². The van der Waals surface area contributed by atoms with Crippen molar-refractivity contribution >= 4 is 27.5 Å². The van der Waals surface area contributed by atoms with Gasteiger partial charge in [0.15, 0.2) is 16.7 Å². The van der Waals surface area contributed by atoms with E-state index in [0.29, 0.717) is 12.6 Å². The molecule has 154 valence electrons. The number of rotatable bonds is 6. The Hall–Kier alpha value is -2.38. The number of hydrogen-bond acceptors (Lipinski definition) is 5. The minimum Gasteiger partial charge on any atom is -0.457 e. The van der Waals surface area contributed by atoms with Crippen LogP contribution < -0.4 is 5.32 Å². The molecule has 1 aromatic carbocycles. The number of nitrogens with zero attached hydrogens (tertiary/aromatic N) is 3. The summed E-state index contributed by atoms with van der Waals surface area (Å²) in [5.41, 5.74) is 1.01. The zero-order valence-electron chi connectivity index (χ0n) is 17.1. The maximum Gasteiger partial charge on any atom is 0.194 e. The van der Waals surface area contributed by atoms with Crippen LogP contribution >= 0.6 is 11.3 Å². The van der Waals surface area contributed by atoms with Crippen molar-refractivity contribution < 1.29 is 9.15 Å². The molecule has 1 fully saturated rings. The van der Waals surface area contributed by atoms with Crippen LogP contribution in [0.15, 0.2) is 45.8 Å². The lowest BCUT2D eigenvalue weighted by Crippen LogP contribution is -2.47. The molecule has 4 rings (SSSR count). The maximum atomic E-state index is 6.04. The third-order valence-electron chi connectivity index (χ3n) is 5.03. The first-order valence-electron chi connectivity index (χ1n) is 10.4. The number of furan rings is 1. The summed E-state index contributed by atoms with van der Waals surface area (Å²) >= 11 is 1.65.